The lowest BCUT2D eigenvalue weighted by molar-refractivity contribution is -0.142. The molecule has 138 valence electrons. The number of ether oxygens (including phenoxy) is 1. The maximum atomic E-state index is 13.1. The fourth-order valence-corrected chi connectivity index (χ4v) is 3.47. The lowest BCUT2D eigenvalue weighted by Crippen LogP contribution is -2.34. The topological polar surface area (TPSA) is 59.5 Å². The minimum absolute atomic E-state index is 0.357. The average molecular weight is 384 g/mol. The van der Waals surface area contributed by atoms with Crippen molar-refractivity contribution in [3.63, 3.8) is 0 Å². The van der Waals surface area contributed by atoms with E-state index < -0.39 is 18.4 Å². The molecule has 0 bridgehead atoms. The summed E-state index contributed by atoms with van der Waals surface area (Å²) in [6.45, 7) is 1.85. The Balaban J connectivity index is 1.60. The van der Waals surface area contributed by atoms with E-state index in [-0.39, 0.29) is 5.91 Å². The molecule has 0 atom stereocenters. The number of carbonyl (C=O) groups is 2. The van der Waals surface area contributed by atoms with Gasteiger partial charge >= 0.3 is 5.97 Å². The van der Waals surface area contributed by atoms with Crippen molar-refractivity contribution in [2.24, 2.45) is 0 Å². The summed E-state index contributed by atoms with van der Waals surface area (Å²) < 4.78 is 19.1. The number of anilines is 1. The predicted octanol–water partition coefficient (Wildman–Crippen LogP) is 4.04. The van der Waals surface area contributed by atoms with Gasteiger partial charge < -0.3 is 4.74 Å². The van der Waals surface area contributed by atoms with E-state index in [1.165, 1.54) is 34.4 Å². The molecule has 0 aliphatic heterocycles. The molecule has 3 aromatic rings. The Labute approximate surface area is 159 Å². The normalized spacial score (nSPS) is 11.0. The molecule has 0 aliphatic rings. The van der Waals surface area contributed by atoms with Gasteiger partial charge in [0.1, 0.15) is 5.82 Å². The first-order valence-electron chi connectivity index (χ1n) is 8.33. The molecule has 0 spiro atoms. The fourth-order valence-electron chi connectivity index (χ4n) is 2.43. The molecule has 1 amide bonds. The lowest BCUT2D eigenvalue weighted by Gasteiger charge is -2.17. The predicted molar refractivity (Wildman–Crippen MR) is 104 cm³/mol. The van der Waals surface area contributed by atoms with Crippen molar-refractivity contribution >= 4 is 44.6 Å². The molecule has 0 saturated carbocycles. The first kappa shape index (κ1) is 18.7. The van der Waals surface area contributed by atoms with Gasteiger partial charge in [-0.3, -0.25) is 9.69 Å². The summed E-state index contributed by atoms with van der Waals surface area (Å²) in [5.41, 5.74) is 1.35. The van der Waals surface area contributed by atoms with Crippen molar-refractivity contribution in [2.75, 3.05) is 18.1 Å². The van der Waals surface area contributed by atoms with Crippen LogP contribution < -0.4 is 4.90 Å². The smallest absolute Gasteiger partial charge is 0.331 e. The fraction of sp³-hybridized carbons (Fsp3) is 0.150. The van der Waals surface area contributed by atoms with Gasteiger partial charge in [-0.2, -0.15) is 0 Å². The first-order chi connectivity index (χ1) is 13.1. The standard InChI is InChI=1S/C20H17FN2O3S/c1-2-23(20-22-16-8-3-4-9-17(16)27-20)18(24)13-26-19(25)11-10-14-6-5-7-15(21)12-14/h3-12H,2,13H2,1H3/b11-10+. The molecule has 0 unspecified atom stereocenters. The molecule has 27 heavy (non-hydrogen) atoms. The highest BCUT2D eigenvalue weighted by Crippen LogP contribution is 2.28. The molecule has 1 heterocycles. The second-order valence-electron chi connectivity index (χ2n) is 5.60. The maximum Gasteiger partial charge on any atom is 0.331 e. The van der Waals surface area contributed by atoms with Crippen LogP contribution in [0.15, 0.2) is 54.6 Å². The van der Waals surface area contributed by atoms with Gasteiger partial charge in [0.05, 0.1) is 10.2 Å². The van der Waals surface area contributed by atoms with Gasteiger partial charge in [-0.25, -0.2) is 14.2 Å². The van der Waals surface area contributed by atoms with Crippen LogP contribution >= 0.6 is 11.3 Å². The molecule has 0 radical (unpaired) electrons. The second-order valence-corrected chi connectivity index (χ2v) is 6.61. The Hall–Kier alpha value is -3.06. The third-order valence-corrected chi connectivity index (χ3v) is 4.79. The number of nitrogens with zero attached hydrogens (tertiary/aromatic N) is 2. The molecule has 1 aromatic heterocycles. The van der Waals surface area contributed by atoms with Crippen LogP contribution in [0, 0.1) is 5.82 Å². The Bertz CT molecular complexity index is 967. The largest absolute Gasteiger partial charge is 0.452 e. The summed E-state index contributed by atoms with van der Waals surface area (Å²) in [6, 6.07) is 13.4. The van der Waals surface area contributed by atoms with Crippen LogP contribution in [0.2, 0.25) is 0 Å². The van der Waals surface area contributed by atoms with E-state index in [1.807, 2.05) is 31.2 Å². The number of aromatic nitrogens is 1. The summed E-state index contributed by atoms with van der Waals surface area (Å²) in [6.07, 6.45) is 2.59. The summed E-state index contributed by atoms with van der Waals surface area (Å²) >= 11 is 1.41. The van der Waals surface area contributed by atoms with Crippen LogP contribution in [-0.2, 0) is 14.3 Å². The van der Waals surface area contributed by atoms with E-state index in [0.29, 0.717) is 17.2 Å². The van der Waals surface area contributed by atoms with E-state index in [4.69, 9.17) is 4.74 Å². The van der Waals surface area contributed by atoms with Crippen molar-refractivity contribution < 1.29 is 18.7 Å². The van der Waals surface area contributed by atoms with E-state index in [2.05, 4.69) is 4.98 Å². The Morgan fingerprint density at radius 2 is 2.04 bits per heavy atom. The number of amides is 1. The number of thiazole rings is 1. The number of hydrogen-bond acceptors (Lipinski definition) is 5. The lowest BCUT2D eigenvalue weighted by atomic mass is 10.2. The third kappa shape index (κ3) is 4.77. The highest BCUT2D eigenvalue weighted by Gasteiger charge is 2.19. The van der Waals surface area contributed by atoms with Crippen LogP contribution in [0.4, 0.5) is 9.52 Å². The van der Waals surface area contributed by atoms with Crippen molar-refractivity contribution in [1.29, 1.82) is 0 Å². The zero-order chi connectivity index (χ0) is 19.2. The second kappa shape index (κ2) is 8.55. The summed E-state index contributed by atoms with van der Waals surface area (Å²) in [4.78, 5) is 30.2. The van der Waals surface area contributed by atoms with Gasteiger partial charge in [-0.1, -0.05) is 35.6 Å². The van der Waals surface area contributed by atoms with Gasteiger partial charge in [0.25, 0.3) is 5.91 Å². The number of likely N-dealkylation sites (N-methyl/N-ethyl adjacent to an activating group) is 1. The SMILES string of the molecule is CCN(C(=O)COC(=O)/C=C/c1cccc(F)c1)c1nc2ccccc2s1. The molecular formula is C20H17FN2O3S. The zero-order valence-electron chi connectivity index (χ0n) is 14.6. The summed E-state index contributed by atoms with van der Waals surface area (Å²) in [5.74, 6) is -1.42. The number of hydrogen-bond donors (Lipinski definition) is 0. The van der Waals surface area contributed by atoms with E-state index in [0.717, 1.165) is 16.3 Å². The maximum absolute atomic E-state index is 13.1. The van der Waals surface area contributed by atoms with Crippen LogP contribution in [0.25, 0.3) is 16.3 Å². The minimum atomic E-state index is -0.673. The van der Waals surface area contributed by atoms with Gasteiger partial charge in [0.2, 0.25) is 0 Å². The molecule has 7 heteroatoms. The number of halogens is 1. The third-order valence-electron chi connectivity index (χ3n) is 3.73. The molecule has 0 fully saturated rings. The van der Waals surface area contributed by atoms with Crippen molar-refractivity contribution in [2.45, 2.75) is 6.92 Å². The number of benzene rings is 2. The van der Waals surface area contributed by atoms with Crippen molar-refractivity contribution in [3.05, 3.63) is 66.0 Å². The molecule has 3 rings (SSSR count). The Morgan fingerprint density at radius 1 is 1.22 bits per heavy atom. The number of rotatable bonds is 6. The minimum Gasteiger partial charge on any atom is -0.452 e. The number of para-hydroxylation sites is 1. The Morgan fingerprint density at radius 3 is 2.78 bits per heavy atom. The van der Waals surface area contributed by atoms with Gasteiger partial charge in [0, 0.05) is 12.6 Å². The van der Waals surface area contributed by atoms with E-state index >= 15 is 0 Å². The van der Waals surface area contributed by atoms with E-state index in [1.54, 1.807) is 12.1 Å². The molecular weight excluding hydrogens is 367 g/mol. The van der Waals surface area contributed by atoms with Crippen LogP contribution in [0.1, 0.15) is 12.5 Å². The van der Waals surface area contributed by atoms with Crippen LogP contribution in [0.5, 0.6) is 0 Å². The van der Waals surface area contributed by atoms with Gasteiger partial charge in [-0.15, -0.1) is 0 Å². The Kier molecular flexibility index (Phi) is 5.93. The monoisotopic (exact) mass is 384 g/mol. The number of carbonyl (C=O) groups excluding carboxylic acids is 2. The highest BCUT2D eigenvalue weighted by atomic mass is 32.1. The van der Waals surface area contributed by atoms with Crippen molar-refractivity contribution in [3.8, 4) is 0 Å². The van der Waals surface area contributed by atoms with E-state index in [9.17, 15) is 14.0 Å². The quantitative estimate of drug-likeness (QED) is 0.475. The van der Waals surface area contributed by atoms with Gasteiger partial charge in [0.15, 0.2) is 11.7 Å². The van der Waals surface area contributed by atoms with Crippen LogP contribution in [-0.4, -0.2) is 30.0 Å². The summed E-state index contributed by atoms with van der Waals surface area (Å²) in [5, 5.41) is 0.565. The summed E-state index contributed by atoms with van der Waals surface area (Å²) in [7, 11) is 0. The average Bonchev–Trinajstić information content (AvgIpc) is 3.09. The number of fused-ring (bicyclic) bond motifs is 1. The first-order valence-corrected chi connectivity index (χ1v) is 9.15. The molecule has 0 N–H and O–H groups in total. The molecule has 2 aromatic carbocycles. The van der Waals surface area contributed by atoms with Crippen LogP contribution in [0.3, 0.4) is 0 Å². The molecule has 5 nitrogen and oxygen atoms in total. The highest BCUT2D eigenvalue weighted by molar-refractivity contribution is 7.22. The number of esters is 1. The zero-order valence-corrected chi connectivity index (χ0v) is 15.4. The molecule has 0 aliphatic carbocycles. The molecule has 0 saturated heterocycles. The van der Waals surface area contributed by atoms with Crippen molar-refractivity contribution in [1.82, 2.24) is 4.98 Å². The van der Waals surface area contributed by atoms with Gasteiger partial charge in [-0.05, 0) is 42.8 Å².